The van der Waals surface area contributed by atoms with Crippen LogP contribution in [0.5, 0.6) is 5.75 Å². The Balaban J connectivity index is 2.07. The van der Waals surface area contributed by atoms with E-state index in [9.17, 15) is 9.90 Å². The molecule has 0 aliphatic heterocycles. The summed E-state index contributed by atoms with van der Waals surface area (Å²) < 4.78 is 5.11. The summed E-state index contributed by atoms with van der Waals surface area (Å²) in [6, 6.07) is 14.7. The lowest BCUT2D eigenvalue weighted by Crippen LogP contribution is -1.94. The lowest BCUT2D eigenvalue weighted by Gasteiger charge is -2.02. The zero-order chi connectivity index (χ0) is 17.1. The maximum atomic E-state index is 11.4. The molecule has 0 saturated carbocycles. The Bertz CT molecular complexity index is 1070. The van der Waals surface area contributed by atoms with Crippen molar-refractivity contribution in [2.75, 3.05) is 0 Å². The molecule has 0 bridgehead atoms. The molecule has 0 aliphatic rings. The zero-order valence-corrected chi connectivity index (χ0v) is 12.4. The summed E-state index contributed by atoms with van der Waals surface area (Å²) in [5.74, 6) is -0.154. The first-order valence-corrected chi connectivity index (χ1v) is 6.95. The van der Waals surface area contributed by atoms with Crippen LogP contribution in [-0.2, 0) is 0 Å². The largest absolute Gasteiger partial charge is 0.505 e. The molecule has 0 unspecified atom stereocenters. The lowest BCUT2D eigenvalue weighted by atomic mass is 10.1. The van der Waals surface area contributed by atoms with E-state index in [1.54, 1.807) is 36.4 Å². The highest BCUT2D eigenvalue weighted by atomic mass is 16.4. The number of phenols is 1. The van der Waals surface area contributed by atoms with E-state index in [4.69, 9.17) is 9.68 Å². The summed E-state index contributed by atoms with van der Waals surface area (Å²) >= 11 is 0. The predicted octanol–water partition coefficient (Wildman–Crippen LogP) is 4.45. The number of nitrogens with zero attached hydrogens (tertiary/aromatic N) is 3. The number of rotatable bonds is 3. The van der Waals surface area contributed by atoms with Gasteiger partial charge in [-0.25, -0.2) is 4.79 Å². The highest BCUT2D eigenvalue weighted by Gasteiger charge is 2.09. The van der Waals surface area contributed by atoms with Crippen molar-refractivity contribution in [3.63, 3.8) is 0 Å². The fourth-order valence-electron chi connectivity index (χ4n) is 2.13. The standard InChI is InChI=1S/C18H11N3O3/c1-11(10-19)13-3-2-4-14(9-13)20-21-17-15(22)7-5-12-6-8-16(23)24-18(12)17/h2-9,22H,1H2. The molecule has 0 amide bonds. The van der Waals surface area contributed by atoms with E-state index in [2.05, 4.69) is 16.8 Å². The monoisotopic (exact) mass is 317 g/mol. The molecular weight excluding hydrogens is 306 g/mol. The third kappa shape index (κ3) is 2.91. The van der Waals surface area contributed by atoms with Gasteiger partial charge in [0.15, 0.2) is 11.3 Å². The Morgan fingerprint density at radius 3 is 2.75 bits per heavy atom. The minimum absolute atomic E-state index is 0.0645. The van der Waals surface area contributed by atoms with Gasteiger partial charge in [-0.2, -0.15) is 10.4 Å². The topological polar surface area (TPSA) is 99.0 Å². The number of phenolic OH excluding ortho intramolecular Hbond substituents is 1. The van der Waals surface area contributed by atoms with Crippen molar-refractivity contribution in [3.8, 4) is 11.8 Å². The number of benzene rings is 2. The maximum absolute atomic E-state index is 11.4. The predicted molar refractivity (Wildman–Crippen MR) is 89.4 cm³/mol. The van der Waals surface area contributed by atoms with Crippen LogP contribution in [-0.4, -0.2) is 5.11 Å². The number of azo groups is 1. The molecule has 0 atom stereocenters. The smallest absolute Gasteiger partial charge is 0.336 e. The highest BCUT2D eigenvalue weighted by molar-refractivity contribution is 5.90. The average Bonchev–Trinajstić information content (AvgIpc) is 2.60. The number of hydrogen-bond donors (Lipinski definition) is 1. The zero-order valence-electron chi connectivity index (χ0n) is 12.4. The lowest BCUT2D eigenvalue weighted by molar-refractivity contribution is 0.474. The Labute approximate surface area is 136 Å². The van der Waals surface area contributed by atoms with Gasteiger partial charge in [-0.15, -0.1) is 5.11 Å². The molecule has 1 heterocycles. The van der Waals surface area contributed by atoms with Gasteiger partial charge < -0.3 is 9.52 Å². The van der Waals surface area contributed by atoms with E-state index in [0.29, 0.717) is 22.2 Å². The molecule has 3 rings (SSSR count). The van der Waals surface area contributed by atoms with Crippen LogP contribution in [0.2, 0.25) is 0 Å². The average molecular weight is 317 g/mol. The summed E-state index contributed by atoms with van der Waals surface area (Å²) in [6.07, 6.45) is 0. The first-order valence-electron chi connectivity index (χ1n) is 6.95. The van der Waals surface area contributed by atoms with Gasteiger partial charge in [0.05, 0.1) is 17.3 Å². The summed E-state index contributed by atoms with van der Waals surface area (Å²) in [6.45, 7) is 3.64. The number of nitriles is 1. The molecule has 3 aromatic rings. The molecule has 6 nitrogen and oxygen atoms in total. The van der Waals surface area contributed by atoms with Gasteiger partial charge in [-0.3, -0.25) is 0 Å². The second kappa shape index (κ2) is 6.18. The molecule has 24 heavy (non-hydrogen) atoms. The number of hydrogen-bond acceptors (Lipinski definition) is 6. The molecule has 1 N–H and O–H groups in total. The summed E-state index contributed by atoms with van der Waals surface area (Å²) in [7, 11) is 0. The third-order valence-corrected chi connectivity index (χ3v) is 3.34. The van der Waals surface area contributed by atoms with Gasteiger partial charge in [-0.05, 0) is 35.9 Å². The number of allylic oxidation sites excluding steroid dienone is 1. The molecule has 116 valence electrons. The number of fused-ring (bicyclic) bond motifs is 1. The van der Waals surface area contributed by atoms with E-state index in [-0.39, 0.29) is 17.0 Å². The Morgan fingerprint density at radius 1 is 1.17 bits per heavy atom. The highest BCUT2D eigenvalue weighted by Crippen LogP contribution is 2.35. The molecule has 0 aliphatic carbocycles. The van der Waals surface area contributed by atoms with Crippen LogP contribution in [0.1, 0.15) is 5.56 Å². The van der Waals surface area contributed by atoms with E-state index >= 15 is 0 Å². The van der Waals surface area contributed by atoms with E-state index in [0.717, 1.165) is 0 Å². The molecule has 6 heteroatoms. The minimum Gasteiger partial charge on any atom is -0.505 e. The first-order chi connectivity index (χ1) is 11.6. The molecule has 1 aromatic heterocycles. The molecule has 2 aromatic carbocycles. The fraction of sp³-hybridized carbons (Fsp3) is 0. The van der Waals surface area contributed by atoms with Crippen LogP contribution in [0.15, 0.2) is 74.6 Å². The maximum Gasteiger partial charge on any atom is 0.336 e. The van der Waals surface area contributed by atoms with Crippen molar-refractivity contribution >= 4 is 27.9 Å². The van der Waals surface area contributed by atoms with Crippen LogP contribution < -0.4 is 5.63 Å². The van der Waals surface area contributed by atoms with Crippen LogP contribution in [0, 0.1) is 11.3 Å². The normalized spacial score (nSPS) is 10.8. The van der Waals surface area contributed by atoms with Gasteiger partial charge in [0.25, 0.3) is 0 Å². The van der Waals surface area contributed by atoms with Gasteiger partial charge in [-0.1, -0.05) is 18.7 Å². The SMILES string of the molecule is C=C(C#N)c1cccc(N=Nc2c(O)ccc3ccc(=O)oc23)c1. The fourth-order valence-corrected chi connectivity index (χ4v) is 2.13. The van der Waals surface area contributed by atoms with Crippen molar-refractivity contribution in [1.29, 1.82) is 5.26 Å². The summed E-state index contributed by atoms with van der Waals surface area (Å²) in [5, 5.41) is 27.5. The Kier molecular flexibility index (Phi) is 3.91. The third-order valence-electron chi connectivity index (χ3n) is 3.34. The molecular formula is C18H11N3O3. The molecule has 0 fully saturated rings. The van der Waals surface area contributed by atoms with Crippen LogP contribution in [0.25, 0.3) is 16.5 Å². The van der Waals surface area contributed by atoms with Gasteiger partial charge in [0.1, 0.15) is 5.75 Å². The van der Waals surface area contributed by atoms with Crippen molar-refractivity contribution in [2.45, 2.75) is 0 Å². The van der Waals surface area contributed by atoms with Gasteiger partial charge in [0.2, 0.25) is 0 Å². The first kappa shape index (κ1) is 15.2. The molecule has 0 radical (unpaired) electrons. The van der Waals surface area contributed by atoms with Crippen molar-refractivity contribution < 1.29 is 9.52 Å². The summed E-state index contributed by atoms with van der Waals surface area (Å²) in [5.41, 5.74) is 1.09. The van der Waals surface area contributed by atoms with E-state index < -0.39 is 5.63 Å². The van der Waals surface area contributed by atoms with Crippen LogP contribution in [0.4, 0.5) is 11.4 Å². The Morgan fingerprint density at radius 2 is 1.96 bits per heavy atom. The van der Waals surface area contributed by atoms with Gasteiger partial charge in [0, 0.05) is 11.5 Å². The Hall–Kier alpha value is -3.72. The van der Waals surface area contributed by atoms with Gasteiger partial charge >= 0.3 is 5.63 Å². The van der Waals surface area contributed by atoms with Crippen molar-refractivity contribution in [3.05, 3.63) is 71.1 Å². The minimum atomic E-state index is -0.545. The van der Waals surface area contributed by atoms with Crippen LogP contribution in [0.3, 0.4) is 0 Å². The number of aromatic hydroxyl groups is 1. The van der Waals surface area contributed by atoms with Crippen molar-refractivity contribution in [2.24, 2.45) is 10.2 Å². The van der Waals surface area contributed by atoms with E-state index in [1.165, 1.54) is 12.1 Å². The van der Waals surface area contributed by atoms with Crippen LogP contribution >= 0.6 is 0 Å². The van der Waals surface area contributed by atoms with Crippen molar-refractivity contribution in [1.82, 2.24) is 0 Å². The quantitative estimate of drug-likeness (QED) is 0.438. The molecule has 0 saturated heterocycles. The second-order valence-electron chi connectivity index (χ2n) is 4.95. The van der Waals surface area contributed by atoms with E-state index in [1.807, 2.05) is 6.07 Å². The summed E-state index contributed by atoms with van der Waals surface area (Å²) in [4.78, 5) is 11.4. The molecule has 0 spiro atoms. The second-order valence-corrected chi connectivity index (χ2v) is 4.95.